The van der Waals surface area contributed by atoms with Crippen LogP contribution < -0.4 is 9.47 Å². The Hall–Kier alpha value is -3.53. The highest BCUT2D eigenvalue weighted by molar-refractivity contribution is 6.02. The molecule has 0 saturated carbocycles. The van der Waals surface area contributed by atoms with Crippen molar-refractivity contribution >= 4 is 17.8 Å². The van der Waals surface area contributed by atoms with E-state index < -0.39 is 18.4 Å². The van der Waals surface area contributed by atoms with E-state index in [1.807, 2.05) is 26.0 Å². The van der Waals surface area contributed by atoms with Crippen molar-refractivity contribution in [1.82, 2.24) is 4.57 Å². The van der Waals surface area contributed by atoms with Crippen molar-refractivity contribution < 1.29 is 23.8 Å². The Kier molecular flexibility index (Phi) is 6.81. The van der Waals surface area contributed by atoms with Gasteiger partial charge < -0.3 is 18.8 Å². The van der Waals surface area contributed by atoms with E-state index in [1.165, 1.54) is 6.08 Å². The monoisotopic (exact) mass is 422 g/mol. The zero-order valence-corrected chi connectivity index (χ0v) is 18.2. The molecule has 1 aliphatic rings. The third-order valence-corrected chi connectivity index (χ3v) is 5.21. The molecule has 1 aromatic carbocycles. The molecule has 7 heteroatoms. The summed E-state index contributed by atoms with van der Waals surface area (Å²) in [7, 11) is 0. The zero-order valence-electron chi connectivity index (χ0n) is 18.2. The molecule has 0 bridgehead atoms. The summed E-state index contributed by atoms with van der Waals surface area (Å²) in [6.45, 7) is 8.82. The van der Waals surface area contributed by atoms with E-state index >= 15 is 0 Å². The van der Waals surface area contributed by atoms with Crippen LogP contribution in [0.5, 0.6) is 11.5 Å². The Balaban J connectivity index is 1.67. The number of aryl methyl sites for hydroxylation is 1. The number of nitrogens with zero attached hydrogens (tertiary/aromatic N) is 2. The van der Waals surface area contributed by atoms with E-state index in [0.29, 0.717) is 23.0 Å². The Labute approximate surface area is 181 Å². The second-order valence-electron chi connectivity index (χ2n) is 7.90. The van der Waals surface area contributed by atoms with Gasteiger partial charge in [-0.15, -0.1) is 0 Å². The summed E-state index contributed by atoms with van der Waals surface area (Å²) in [6, 6.07) is 8.59. The van der Waals surface area contributed by atoms with E-state index in [1.54, 1.807) is 18.2 Å². The van der Waals surface area contributed by atoms with Crippen molar-refractivity contribution in [2.24, 2.45) is 5.92 Å². The molecule has 1 aromatic heterocycles. The Morgan fingerprint density at radius 3 is 2.68 bits per heavy atom. The van der Waals surface area contributed by atoms with Gasteiger partial charge in [0, 0.05) is 23.5 Å². The molecule has 0 atom stereocenters. The first-order chi connectivity index (χ1) is 14.8. The summed E-state index contributed by atoms with van der Waals surface area (Å²) in [5, 5.41) is 9.45. The lowest BCUT2D eigenvalue weighted by Gasteiger charge is -2.11. The van der Waals surface area contributed by atoms with Crippen molar-refractivity contribution in [2.75, 3.05) is 13.4 Å². The average molecular weight is 422 g/mol. The molecule has 0 N–H and O–H groups in total. The highest BCUT2D eigenvalue weighted by atomic mass is 16.7. The van der Waals surface area contributed by atoms with Crippen molar-refractivity contribution in [3.8, 4) is 17.6 Å². The lowest BCUT2D eigenvalue weighted by molar-refractivity contribution is -0.137. The van der Waals surface area contributed by atoms with Gasteiger partial charge in [-0.25, -0.2) is 4.79 Å². The van der Waals surface area contributed by atoms with Crippen molar-refractivity contribution in [2.45, 2.75) is 40.7 Å². The molecule has 162 valence electrons. The molecule has 0 unspecified atom stereocenters. The molecular weight excluding hydrogens is 396 g/mol. The Morgan fingerprint density at radius 2 is 1.97 bits per heavy atom. The lowest BCUT2D eigenvalue weighted by Crippen LogP contribution is -2.15. The Bertz CT molecular complexity index is 1070. The molecule has 2 aromatic rings. The van der Waals surface area contributed by atoms with Crippen LogP contribution in [0, 0.1) is 31.1 Å². The van der Waals surface area contributed by atoms with Crippen LogP contribution >= 0.6 is 0 Å². The summed E-state index contributed by atoms with van der Waals surface area (Å²) in [5.41, 5.74) is 3.02. The minimum atomic E-state index is -0.830. The van der Waals surface area contributed by atoms with Crippen LogP contribution in [0.4, 0.5) is 0 Å². The second-order valence-corrected chi connectivity index (χ2v) is 7.90. The number of nitriles is 1. The molecule has 0 saturated heterocycles. The lowest BCUT2D eigenvalue weighted by atomic mass is 10.1. The van der Waals surface area contributed by atoms with E-state index in [4.69, 9.17) is 14.2 Å². The van der Waals surface area contributed by atoms with Gasteiger partial charge in [-0.2, -0.15) is 5.26 Å². The van der Waals surface area contributed by atoms with Gasteiger partial charge in [0.25, 0.3) is 0 Å². The third-order valence-electron chi connectivity index (χ3n) is 5.21. The van der Waals surface area contributed by atoms with Crippen LogP contribution in [0.3, 0.4) is 0 Å². The van der Waals surface area contributed by atoms with Gasteiger partial charge in [-0.1, -0.05) is 13.8 Å². The summed E-state index contributed by atoms with van der Waals surface area (Å²) in [4.78, 5) is 24.8. The minimum Gasteiger partial charge on any atom is -0.454 e. The number of benzene rings is 1. The van der Waals surface area contributed by atoms with Gasteiger partial charge >= 0.3 is 5.97 Å². The van der Waals surface area contributed by atoms with Crippen LogP contribution in [0.25, 0.3) is 6.08 Å². The van der Waals surface area contributed by atoms with Gasteiger partial charge in [0.2, 0.25) is 6.79 Å². The van der Waals surface area contributed by atoms with Crippen molar-refractivity contribution in [3.05, 3.63) is 52.4 Å². The molecule has 3 rings (SSSR count). The van der Waals surface area contributed by atoms with E-state index in [2.05, 4.69) is 18.4 Å². The maximum absolute atomic E-state index is 12.4. The molecule has 1 aliphatic heterocycles. The minimum absolute atomic E-state index is 0.108. The van der Waals surface area contributed by atoms with Gasteiger partial charge in [0.1, 0.15) is 11.6 Å². The van der Waals surface area contributed by atoms with Gasteiger partial charge in [0.05, 0.1) is 0 Å². The second kappa shape index (κ2) is 9.52. The highest BCUT2D eigenvalue weighted by Gasteiger charge is 2.19. The van der Waals surface area contributed by atoms with Gasteiger partial charge in [0.15, 0.2) is 23.9 Å². The SMILES string of the molecule is Cc1cc(C=C(C#N)C(=O)OCC(=O)c2ccc3c(c2)OCO3)c(C)n1CCC(C)C. The van der Waals surface area contributed by atoms with Crippen molar-refractivity contribution in [1.29, 1.82) is 5.26 Å². The number of carbonyl (C=O) groups is 2. The zero-order chi connectivity index (χ0) is 22.5. The maximum Gasteiger partial charge on any atom is 0.349 e. The van der Waals surface area contributed by atoms with Crippen LogP contribution in [0.1, 0.15) is 47.6 Å². The first-order valence-electron chi connectivity index (χ1n) is 10.2. The number of hydrogen-bond acceptors (Lipinski definition) is 6. The fraction of sp³-hybridized carbons (Fsp3) is 0.375. The number of esters is 1. The highest BCUT2D eigenvalue weighted by Crippen LogP contribution is 2.32. The summed E-state index contributed by atoms with van der Waals surface area (Å²) < 4.78 is 17.7. The standard InChI is InChI=1S/C24H26N2O5/c1-15(2)7-8-26-16(3)9-19(17(26)4)10-20(12-25)24(28)29-13-21(27)18-5-6-22-23(11-18)31-14-30-22/h5-6,9-11,15H,7-8,13-14H2,1-4H3. The van der Waals surface area contributed by atoms with Crippen LogP contribution in [-0.4, -0.2) is 29.7 Å². The topological polar surface area (TPSA) is 90.6 Å². The molecular formula is C24H26N2O5. The molecule has 7 nitrogen and oxygen atoms in total. The largest absolute Gasteiger partial charge is 0.454 e. The van der Waals surface area contributed by atoms with Gasteiger partial charge in [-0.05, 0) is 62.1 Å². The number of rotatable bonds is 8. The van der Waals surface area contributed by atoms with Crippen molar-refractivity contribution in [3.63, 3.8) is 0 Å². The molecule has 0 fully saturated rings. The first-order valence-corrected chi connectivity index (χ1v) is 10.2. The van der Waals surface area contributed by atoms with Gasteiger partial charge in [-0.3, -0.25) is 4.79 Å². The summed E-state index contributed by atoms with van der Waals surface area (Å²) >= 11 is 0. The quantitative estimate of drug-likeness (QED) is 0.274. The van der Waals surface area contributed by atoms with Crippen LogP contribution in [-0.2, 0) is 16.1 Å². The molecule has 2 heterocycles. The predicted octanol–water partition coefficient (Wildman–Crippen LogP) is 4.21. The van der Waals surface area contributed by atoms with E-state index in [0.717, 1.165) is 29.9 Å². The number of fused-ring (bicyclic) bond motifs is 1. The predicted molar refractivity (Wildman–Crippen MR) is 115 cm³/mol. The molecule has 0 amide bonds. The smallest absolute Gasteiger partial charge is 0.349 e. The summed E-state index contributed by atoms with van der Waals surface area (Å²) in [6.07, 6.45) is 2.55. The van der Waals surface area contributed by atoms with E-state index in [9.17, 15) is 14.9 Å². The molecule has 0 aliphatic carbocycles. The molecule has 0 spiro atoms. The normalized spacial score (nSPS) is 12.7. The van der Waals surface area contributed by atoms with E-state index in [-0.39, 0.29) is 12.4 Å². The fourth-order valence-electron chi connectivity index (χ4n) is 3.36. The van der Waals surface area contributed by atoms with Crippen LogP contribution in [0.15, 0.2) is 29.8 Å². The third kappa shape index (κ3) is 5.15. The first kappa shape index (κ1) is 22.2. The molecule has 31 heavy (non-hydrogen) atoms. The average Bonchev–Trinajstić information content (AvgIpc) is 3.31. The number of Topliss-reactive ketones (excluding diaryl/α,β-unsaturated/α-hetero) is 1. The summed E-state index contributed by atoms with van der Waals surface area (Å²) in [5.74, 6) is 0.392. The maximum atomic E-state index is 12.4. The number of carbonyl (C=O) groups excluding carboxylic acids is 2. The number of ether oxygens (including phenoxy) is 3. The number of hydrogen-bond donors (Lipinski definition) is 0. The molecule has 0 radical (unpaired) electrons. The fourth-order valence-corrected chi connectivity index (χ4v) is 3.36. The van der Waals surface area contributed by atoms with Crippen LogP contribution in [0.2, 0.25) is 0 Å². The Morgan fingerprint density at radius 1 is 1.23 bits per heavy atom. The number of ketones is 1. The number of aromatic nitrogens is 1.